The Morgan fingerprint density at radius 1 is 1.00 bits per heavy atom. The van der Waals surface area contributed by atoms with Crippen LogP contribution in [0.3, 0.4) is 0 Å². The van der Waals surface area contributed by atoms with E-state index in [4.69, 9.17) is 9.15 Å². The first-order valence-electron chi connectivity index (χ1n) is 8.30. The second-order valence-corrected chi connectivity index (χ2v) is 5.80. The molecule has 0 bridgehead atoms. The monoisotopic (exact) mass is 365 g/mol. The van der Waals surface area contributed by atoms with Crippen LogP contribution in [0.4, 0.5) is 5.69 Å². The predicted octanol–water partition coefficient (Wildman–Crippen LogP) is 3.92. The number of hydrogen-bond donors (Lipinski definition) is 1. The van der Waals surface area contributed by atoms with E-state index < -0.39 is 0 Å². The molecule has 0 radical (unpaired) electrons. The molecule has 1 amide bonds. The highest BCUT2D eigenvalue weighted by Crippen LogP contribution is 2.26. The molecule has 6 nitrogen and oxygen atoms in total. The second-order valence-electron chi connectivity index (χ2n) is 5.80. The summed E-state index contributed by atoms with van der Waals surface area (Å²) < 4.78 is 15.5. The minimum atomic E-state index is -0.376. The molecule has 1 aromatic heterocycles. The van der Waals surface area contributed by atoms with Crippen molar-refractivity contribution < 1.29 is 23.5 Å². The third-order valence-corrected chi connectivity index (χ3v) is 3.95. The average molecular weight is 365 g/mol. The maximum atomic E-state index is 12.5. The number of rotatable bonds is 6. The lowest BCUT2D eigenvalue weighted by atomic mass is 10.1. The van der Waals surface area contributed by atoms with Crippen LogP contribution in [0.1, 0.15) is 16.1 Å². The summed E-state index contributed by atoms with van der Waals surface area (Å²) in [4.78, 5) is 23.8. The molecule has 2 aromatic carbocycles. The predicted molar refractivity (Wildman–Crippen MR) is 101 cm³/mol. The van der Waals surface area contributed by atoms with E-state index in [9.17, 15) is 9.59 Å². The van der Waals surface area contributed by atoms with Crippen molar-refractivity contribution in [2.24, 2.45) is 0 Å². The van der Waals surface area contributed by atoms with Gasteiger partial charge in [-0.2, -0.15) is 0 Å². The van der Waals surface area contributed by atoms with E-state index in [0.717, 1.165) is 11.1 Å². The lowest BCUT2D eigenvalue weighted by molar-refractivity contribution is -0.139. The second kappa shape index (κ2) is 8.23. The Labute approximate surface area is 156 Å². The van der Waals surface area contributed by atoms with Crippen LogP contribution in [0, 0.1) is 0 Å². The van der Waals surface area contributed by atoms with E-state index >= 15 is 0 Å². The molecule has 0 unspecified atom stereocenters. The molecule has 0 aliphatic rings. The van der Waals surface area contributed by atoms with Crippen LogP contribution < -0.4 is 10.1 Å². The molecule has 1 heterocycles. The third kappa shape index (κ3) is 4.55. The molecule has 0 fully saturated rings. The molecule has 1 N–H and O–H groups in total. The Hall–Kier alpha value is -3.54. The quantitative estimate of drug-likeness (QED) is 0.670. The van der Waals surface area contributed by atoms with E-state index in [1.807, 2.05) is 24.3 Å². The Morgan fingerprint density at radius 2 is 1.81 bits per heavy atom. The molecule has 27 heavy (non-hydrogen) atoms. The van der Waals surface area contributed by atoms with E-state index in [-0.39, 0.29) is 24.1 Å². The highest BCUT2D eigenvalue weighted by molar-refractivity contribution is 6.02. The van der Waals surface area contributed by atoms with Crippen molar-refractivity contribution in [3.8, 4) is 17.1 Å². The number of benzene rings is 2. The molecule has 0 atom stereocenters. The highest BCUT2D eigenvalue weighted by atomic mass is 16.5. The zero-order valence-corrected chi connectivity index (χ0v) is 15.0. The average Bonchev–Trinajstić information content (AvgIpc) is 3.18. The van der Waals surface area contributed by atoms with Gasteiger partial charge >= 0.3 is 5.97 Å². The van der Waals surface area contributed by atoms with E-state index in [1.165, 1.54) is 7.11 Å². The summed E-state index contributed by atoms with van der Waals surface area (Å²) in [7, 11) is 2.93. The molecule has 138 valence electrons. The molecule has 0 spiro atoms. The minimum Gasteiger partial charge on any atom is -0.497 e. The van der Waals surface area contributed by atoms with Crippen LogP contribution in [0.25, 0.3) is 11.3 Å². The summed E-state index contributed by atoms with van der Waals surface area (Å²) >= 11 is 0. The number of esters is 1. The fourth-order valence-electron chi connectivity index (χ4n) is 2.58. The molecule has 0 saturated carbocycles. The Bertz CT molecular complexity index is 960. The molecule has 0 saturated heterocycles. The van der Waals surface area contributed by atoms with Crippen LogP contribution >= 0.6 is 0 Å². The molecule has 3 aromatic rings. The maximum absolute atomic E-state index is 12.5. The number of carbonyl (C=O) groups excluding carboxylic acids is 2. The van der Waals surface area contributed by atoms with Gasteiger partial charge in [-0.3, -0.25) is 9.59 Å². The highest BCUT2D eigenvalue weighted by Gasteiger charge is 2.13. The van der Waals surface area contributed by atoms with Gasteiger partial charge in [0.05, 0.1) is 20.6 Å². The molecular weight excluding hydrogens is 346 g/mol. The van der Waals surface area contributed by atoms with Crippen molar-refractivity contribution in [2.75, 3.05) is 19.5 Å². The summed E-state index contributed by atoms with van der Waals surface area (Å²) in [6, 6.07) is 17.8. The van der Waals surface area contributed by atoms with Crippen LogP contribution in [-0.4, -0.2) is 26.1 Å². The number of ether oxygens (including phenoxy) is 2. The van der Waals surface area contributed by atoms with Crippen LogP contribution in [0.15, 0.2) is 65.1 Å². The number of hydrogen-bond acceptors (Lipinski definition) is 5. The normalized spacial score (nSPS) is 10.3. The molecule has 6 heteroatoms. The Morgan fingerprint density at radius 3 is 2.59 bits per heavy atom. The maximum Gasteiger partial charge on any atom is 0.309 e. The number of carbonyl (C=O) groups is 2. The van der Waals surface area contributed by atoms with Gasteiger partial charge < -0.3 is 19.2 Å². The summed E-state index contributed by atoms with van der Waals surface area (Å²) in [5, 5.41) is 2.77. The number of nitrogens with one attached hydrogen (secondary N) is 1. The zero-order chi connectivity index (χ0) is 19.2. The van der Waals surface area contributed by atoms with Gasteiger partial charge in [0, 0.05) is 11.3 Å². The van der Waals surface area contributed by atoms with Crippen molar-refractivity contribution in [1.29, 1.82) is 0 Å². The number of methoxy groups -OCH3 is 2. The first-order valence-corrected chi connectivity index (χ1v) is 8.30. The summed E-state index contributed by atoms with van der Waals surface area (Å²) in [5.41, 5.74) is 2.13. The van der Waals surface area contributed by atoms with Crippen LogP contribution in [0.2, 0.25) is 0 Å². The minimum absolute atomic E-state index is 0.140. The third-order valence-electron chi connectivity index (χ3n) is 3.95. The van der Waals surface area contributed by atoms with Gasteiger partial charge in [0.2, 0.25) is 0 Å². The van der Waals surface area contributed by atoms with Crippen LogP contribution in [-0.2, 0) is 16.0 Å². The van der Waals surface area contributed by atoms with Gasteiger partial charge in [-0.25, -0.2) is 0 Å². The standard InChI is InChI=1S/C21H19NO5/c1-25-17-8-4-6-15(13-17)18-9-10-19(27-18)21(24)22-16-7-3-5-14(11-16)12-20(23)26-2/h3-11,13H,12H2,1-2H3,(H,22,24). The van der Waals surface area contributed by atoms with E-state index in [2.05, 4.69) is 10.1 Å². The Balaban J connectivity index is 1.73. The summed E-state index contributed by atoms with van der Waals surface area (Å²) in [6.07, 6.45) is 0.140. The molecule has 0 aliphatic carbocycles. The Kier molecular flexibility index (Phi) is 5.56. The summed E-state index contributed by atoms with van der Waals surface area (Å²) in [5.74, 6) is 0.744. The van der Waals surface area contributed by atoms with Gasteiger partial charge in [0.1, 0.15) is 11.5 Å². The van der Waals surface area contributed by atoms with E-state index in [1.54, 1.807) is 43.5 Å². The largest absolute Gasteiger partial charge is 0.497 e. The van der Waals surface area contributed by atoms with Crippen molar-refractivity contribution in [1.82, 2.24) is 0 Å². The van der Waals surface area contributed by atoms with E-state index in [0.29, 0.717) is 17.2 Å². The molecule has 3 rings (SSSR count). The van der Waals surface area contributed by atoms with Gasteiger partial charge in [-0.15, -0.1) is 0 Å². The van der Waals surface area contributed by atoms with Gasteiger partial charge in [0.25, 0.3) is 5.91 Å². The van der Waals surface area contributed by atoms with Gasteiger partial charge in [0.15, 0.2) is 5.76 Å². The fourth-order valence-corrected chi connectivity index (χ4v) is 2.58. The van der Waals surface area contributed by atoms with Crippen molar-refractivity contribution >= 4 is 17.6 Å². The molecular formula is C21H19NO5. The lowest BCUT2D eigenvalue weighted by Gasteiger charge is -2.06. The smallest absolute Gasteiger partial charge is 0.309 e. The number of furan rings is 1. The van der Waals surface area contributed by atoms with Gasteiger partial charge in [-0.05, 0) is 42.0 Å². The molecule has 0 aliphatic heterocycles. The summed E-state index contributed by atoms with van der Waals surface area (Å²) in [6.45, 7) is 0. The van der Waals surface area contributed by atoms with Crippen LogP contribution in [0.5, 0.6) is 5.75 Å². The topological polar surface area (TPSA) is 77.8 Å². The number of amides is 1. The van der Waals surface area contributed by atoms with Gasteiger partial charge in [-0.1, -0.05) is 24.3 Å². The van der Waals surface area contributed by atoms with Crippen molar-refractivity contribution in [3.05, 3.63) is 72.0 Å². The van der Waals surface area contributed by atoms with Crippen molar-refractivity contribution in [2.45, 2.75) is 6.42 Å². The first kappa shape index (κ1) is 18.3. The first-order chi connectivity index (χ1) is 13.1. The zero-order valence-electron chi connectivity index (χ0n) is 15.0. The van der Waals surface area contributed by atoms with Crippen molar-refractivity contribution in [3.63, 3.8) is 0 Å². The SMILES string of the molecule is COC(=O)Cc1cccc(NC(=O)c2ccc(-c3cccc(OC)c3)o2)c1. The lowest BCUT2D eigenvalue weighted by Crippen LogP contribution is -2.11. The fraction of sp³-hybridized carbons (Fsp3) is 0.143. The number of anilines is 1.